The minimum atomic E-state index is -0.389. The van der Waals surface area contributed by atoms with Crippen LogP contribution in [0.1, 0.15) is 26.2 Å². The number of carbonyl (C=O) groups is 2. The van der Waals surface area contributed by atoms with Crippen LogP contribution in [0.2, 0.25) is 0 Å². The van der Waals surface area contributed by atoms with Gasteiger partial charge in [0.25, 0.3) is 0 Å². The van der Waals surface area contributed by atoms with Gasteiger partial charge in [0.2, 0.25) is 5.91 Å². The summed E-state index contributed by atoms with van der Waals surface area (Å²) in [5.74, 6) is 0.0258. The third kappa shape index (κ3) is 5.06. The Bertz CT molecular complexity index is 310. The Kier molecular flexibility index (Phi) is 6.08. The smallest absolute Gasteiger partial charge is 0.319 e. The minimum absolute atomic E-state index is 0.00737. The predicted octanol–water partition coefficient (Wildman–Crippen LogP) is 0.267. The Labute approximate surface area is 114 Å². The van der Waals surface area contributed by atoms with Crippen LogP contribution in [0.3, 0.4) is 0 Å². The first kappa shape index (κ1) is 15.8. The molecule has 6 heteroatoms. The average Bonchev–Trinajstić information content (AvgIpc) is 2.37. The van der Waals surface area contributed by atoms with Crippen LogP contribution in [0.5, 0.6) is 0 Å². The zero-order chi connectivity index (χ0) is 14.4. The first-order valence-electron chi connectivity index (χ1n) is 6.83. The number of amides is 3. The van der Waals surface area contributed by atoms with E-state index in [9.17, 15) is 9.59 Å². The maximum Gasteiger partial charge on any atom is 0.319 e. The van der Waals surface area contributed by atoms with Crippen LogP contribution in [-0.2, 0) is 4.79 Å². The second-order valence-corrected chi connectivity index (χ2v) is 5.37. The van der Waals surface area contributed by atoms with Crippen molar-refractivity contribution < 1.29 is 14.7 Å². The summed E-state index contributed by atoms with van der Waals surface area (Å²) in [6.07, 6.45) is 1.60. The van der Waals surface area contributed by atoms with Crippen LogP contribution in [0.4, 0.5) is 4.79 Å². The van der Waals surface area contributed by atoms with Crippen molar-refractivity contribution in [3.63, 3.8) is 0 Å². The summed E-state index contributed by atoms with van der Waals surface area (Å²) in [6.45, 7) is 3.47. The van der Waals surface area contributed by atoms with Crippen LogP contribution in [0, 0.1) is 5.92 Å². The molecular weight excluding hydrogens is 246 g/mol. The SMILES string of the molecule is CC(O)CCNC(=O)C1CCN(C(=O)N(C)C)CC1. The lowest BCUT2D eigenvalue weighted by molar-refractivity contribution is -0.126. The summed E-state index contributed by atoms with van der Waals surface area (Å²) in [4.78, 5) is 27.0. The van der Waals surface area contributed by atoms with Crippen LogP contribution in [0.25, 0.3) is 0 Å². The average molecular weight is 271 g/mol. The van der Waals surface area contributed by atoms with Gasteiger partial charge in [0, 0.05) is 39.6 Å². The Morgan fingerprint density at radius 3 is 2.42 bits per heavy atom. The Morgan fingerprint density at radius 2 is 1.95 bits per heavy atom. The molecule has 6 nitrogen and oxygen atoms in total. The summed E-state index contributed by atoms with van der Waals surface area (Å²) >= 11 is 0. The first-order valence-corrected chi connectivity index (χ1v) is 6.83. The summed E-state index contributed by atoms with van der Waals surface area (Å²) in [5, 5.41) is 12.0. The Hall–Kier alpha value is -1.30. The van der Waals surface area contributed by atoms with E-state index in [1.807, 2.05) is 0 Å². The van der Waals surface area contributed by atoms with Crippen LogP contribution < -0.4 is 5.32 Å². The largest absolute Gasteiger partial charge is 0.393 e. The Morgan fingerprint density at radius 1 is 1.37 bits per heavy atom. The lowest BCUT2D eigenvalue weighted by atomic mass is 9.96. The molecule has 3 amide bonds. The number of aliphatic hydroxyl groups is 1. The van der Waals surface area contributed by atoms with E-state index in [1.54, 1.807) is 30.8 Å². The van der Waals surface area contributed by atoms with E-state index in [0.29, 0.717) is 38.9 Å². The number of piperidine rings is 1. The highest BCUT2D eigenvalue weighted by atomic mass is 16.3. The Balaban J connectivity index is 2.29. The molecule has 0 saturated carbocycles. The standard InChI is InChI=1S/C13H25N3O3/c1-10(17)4-7-14-12(18)11-5-8-16(9-6-11)13(19)15(2)3/h10-11,17H,4-9H2,1-3H3,(H,14,18). The molecule has 1 aliphatic heterocycles. The molecule has 2 N–H and O–H groups in total. The number of likely N-dealkylation sites (tertiary alicyclic amines) is 1. The number of aliphatic hydroxyl groups excluding tert-OH is 1. The second kappa shape index (κ2) is 7.33. The minimum Gasteiger partial charge on any atom is -0.393 e. The zero-order valence-electron chi connectivity index (χ0n) is 12.1. The molecular formula is C13H25N3O3. The van der Waals surface area contributed by atoms with E-state index in [-0.39, 0.29) is 24.0 Å². The maximum absolute atomic E-state index is 11.9. The molecule has 1 atom stereocenters. The second-order valence-electron chi connectivity index (χ2n) is 5.37. The molecule has 0 spiro atoms. The quantitative estimate of drug-likeness (QED) is 0.770. The van der Waals surface area contributed by atoms with Crippen molar-refractivity contribution in [3.8, 4) is 0 Å². The molecule has 1 aliphatic rings. The molecule has 1 saturated heterocycles. The van der Waals surface area contributed by atoms with Gasteiger partial charge < -0.3 is 20.2 Å². The van der Waals surface area contributed by atoms with Crippen molar-refractivity contribution in [2.45, 2.75) is 32.3 Å². The van der Waals surface area contributed by atoms with Crippen LogP contribution >= 0.6 is 0 Å². The van der Waals surface area contributed by atoms with E-state index in [2.05, 4.69) is 5.32 Å². The highest BCUT2D eigenvalue weighted by Crippen LogP contribution is 2.18. The summed E-state index contributed by atoms with van der Waals surface area (Å²) in [6, 6.07) is 0.00737. The number of rotatable bonds is 4. The summed E-state index contributed by atoms with van der Waals surface area (Å²) in [7, 11) is 3.47. The number of urea groups is 1. The topological polar surface area (TPSA) is 72.9 Å². The van der Waals surface area contributed by atoms with E-state index in [0.717, 1.165) is 0 Å². The molecule has 0 aliphatic carbocycles. The van der Waals surface area contributed by atoms with Gasteiger partial charge in [0.05, 0.1) is 6.10 Å². The third-order valence-corrected chi connectivity index (χ3v) is 3.38. The van der Waals surface area contributed by atoms with E-state index < -0.39 is 0 Å². The van der Waals surface area contributed by atoms with Crippen LogP contribution in [-0.4, -0.2) is 66.7 Å². The highest BCUT2D eigenvalue weighted by molar-refractivity contribution is 5.79. The van der Waals surface area contributed by atoms with Crippen LogP contribution in [0.15, 0.2) is 0 Å². The van der Waals surface area contributed by atoms with Crippen molar-refractivity contribution in [2.75, 3.05) is 33.7 Å². The number of carbonyl (C=O) groups excluding carboxylic acids is 2. The van der Waals surface area contributed by atoms with E-state index in [4.69, 9.17) is 5.11 Å². The van der Waals surface area contributed by atoms with Crippen molar-refractivity contribution in [1.29, 1.82) is 0 Å². The molecule has 1 heterocycles. The number of nitrogens with one attached hydrogen (secondary N) is 1. The molecule has 0 radical (unpaired) electrons. The number of nitrogens with zero attached hydrogens (tertiary/aromatic N) is 2. The molecule has 0 bridgehead atoms. The van der Waals surface area contributed by atoms with Gasteiger partial charge in [-0.25, -0.2) is 4.79 Å². The zero-order valence-corrected chi connectivity index (χ0v) is 12.1. The molecule has 110 valence electrons. The van der Waals surface area contributed by atoms with Gasteiger partial charge in [0.1, 0.15) is 0 Å². The first-order chi connectivity index (χ1) is 8.91. The van der Waals surface area contributed by atoms with Gasteiger partial charge >= 0.3 is 6.03 Å². The van der Waals surface area contributed by atoms with E-state index in [1.165, 1.54) is 0 Å². The molecule has 19 heavy (non-hydrogen) atoms. The van der Waals surface area contributed by atoms with E-state index >= 15 is 0 Å². The van der Waals surface area contributed by atoms with Gasteiger partial charge in [-0.05, 0) is 26.2 Å². The monoisotopic (exact) mass is 271 g/mol. The van der Waals surface area contributed by atoms with Gasteiger partial charge in [-0.1, -0.05) is 0 Å². The predicted molar refractivity (Wildman–Crippen MR) is 72.7 cm³/mol. The lowest BCUT2D eigenvalue weighted by Gasteiger charge is -2.33. The molecule has 0 aromatic carbocycles. The van der Waals surface area contributed by atoms with Crippen molar-refractivity contribution in [3.05, 3.63) is 0 Å². The summed E-state index contributed by atoms with van der Waals surface area (Å²) in [5.41, 5.74) is 0. The third-order valence-electron chi connectivity index (χ3n) is 3.38. The van der Waals surface area contributed by atoms with Crippen molar-refractivity contribution in [2.24, 2.45) is 5.92 Å². The van der Waals surface area contributed by atoms with Gasteiger partial charge in [-0.2, -0.15) is 0 Å². The fraction of sp³-hybridized carbons (Fsp3) is 0.846. The molecule has 1 unspecified atom stereocenters. The molecule has 0 aromatic heterocycles. The number of hydrogen-bond donors (Lipinski definition) is 2. The van der Waals surface area contributed by atoms with Crippen molar-refractivity contribution >= 4 is 11.9 Å². The fourth-order valence-electron chi connectivity index (χ4n) is 2.16. The lowest BCUT2D eigenvalue weighted by Crippen LogP contribution is -2.46. The molecule has 0 aromatic rings. The van der Waals surface area contributed by atoms with Crippen molar-refractivity contribution in [1.82, 2.24) is 15.1 Å². The normalized spacial score (nSPS) is 18.0. The number of hydrogen-bond acceptors (Lipinski definition) is 3. The van der Waals surface area contributed by atoms with Gasteiger partial charge in [-0.15, -0.1) is 0 Å². The van der Waals surface area contributed by atoms with Gasteiger partial charge in [0.15, 0.2) is 0 Å². The highest BCUT2D eigenvalue weighted by Gasteiger charge is 2.27. The maximum atomic E-state index is 11.9. The van der Waals surface area contributed by atoms with Gasteiger partial charge in [-0.3, -0.25) is 4.79 Å². The molecule has 1 fully saturated rings. The fourth-order valence-corrected chi connectivity index (χ4v) is 2.16. The molecule has 1 rings (SSSR count). The summed E-state index contributed by atoms with van der Waals surface area (Å²) < 4.78 is 0.